The zero-order valence-electron chi connectivity index (χ0n) is 9.62. The van der Waals surface area contributed by atoms with Crippen LogP contribution in [0.4, 0.5) is 0 Å². The average molecular weight is 183 g/mol. The highest BCUT2D eigenvalue weighted by Gasteiger charge is 2.51. The van der Waals surface area contributed by atoms with Gasteiger partial charge in [0.1, 0.15) is 0 Å². The molecular formula is C11H21NO. The number of carbonyl (C=O) groups is 1. The molecule has 0 spiro atoms. The van der Waals surface area contributed by atoms with Crippen LogP contribution in [0.5, 0.6) is 0 Å². The summed E-state index contributed by atoms with van der Waals surface area (Å²) >= 11 is 0. The highest BCUT2D eigenvalue weighted by Crippen LogP contribution is 2.44. The monoisotopic (exact) mass is 183 g/mol. The number of hydrogen-bond donors (Lipinski definition) is 1. The molecule has 1 aliphatic rings. The van der Waals surface area contributed by atoms with Gasteiger partial charge in [0.15, 0.2) is 0 Å². The quantitative estimate of drug-likeness (QED) is 0.613. The summed E-state index contributed by atoms with van der Waals surface area (Å²) in [7, 11) is 0. The predicted octanol–water partition coefficient (Wildman–Crippen LogP) is 2.34. The van der Waals surface area contributed by atoms with Crippen molar-refractivity contribution in [1.82, 2.24) is 5.32 Å². The summed E-state index contributed by atoms with van der Waals surface area (Å²) in [5.74, 6) is 0.185. The van der Waals surface area contributed by atoms with Crippen molar-refractivity contribution in [2.75, 3.05) is 0 Å². The molecule has 0 bridgehead atoms. The molecule has 1 aliphatic heterocycles. The maximum Gasteiger partial charge on any atom is 0.226 e. The second kappa shape index (κ2) is 2.49. The first-order chi connectivity index (χ1) is 5.58. The largest absolute Gasteiger partial charge is 0.350 e. The van der Waals surface area contributed by atoms with Crippen LogP contribution in [-0.4, -0.2) is 11.4 Å². The van der Waals surface area contributed by atoms with E-state index in [-0.39, 0.29) is 22.3 Å². The molecule has 0 radical (unpaired) electrons. The van der Waals surface area contributed by atoms with E-state index in [0.29, 0.717) is 0 Å². The molecule has 0 aliphatic carbocycles. The van der Waals surface area contributed by atoms with Gasteiger partial charge < -0.3 is 5.32 Å². The minimum atomic E-state index is -0.206. The second-order valence-electron chi connectivity index (χ2n) is 6.10. The van der Waals surface area contributed by atoms with Gasteiger partial charge in [-0.05, 0) is 18.8 Å². The van der Waals surface area contributed by atoms with E-state index in [1.807, 2.05) is 13.8 Å². The van der Waals surface area contributed by atoms with Gasteiger partial charge in [0.25, 0.3) is 0 Å². The van der Waals surface area contributed by atoms with Crippen LogP contribution < -0.4 is 5.32 Å². The second-order valence-corrected chi connectivity index (χ2v) is 6.10. The molecule has 1 saturated heterocycles. The smallest absolute Gasteiger partial charge is 0.226 e. The summed E-state index contributed by atoms with van der Waals surface area (Å²) in [4.78, 5) is 11.6. The lowest BCUT2D eigenvalue weighted by atomic mass is 9.70. The maximum absolute atomic E-state index is 11.6. The lowest BCUT2D eigenvalue weighted by Crippen LogP contribution is -2.49. The number of amides is 1. The van der Waals surface area contributed by atoms with Gasteiger partial charge >= 0.3 is 0 Å². The Morgan fingerprint density at radius 3 is 1.85 bits per heavy atom. The third-order valence-electron chi connectivity index (χ3n) is 3.45. The molecule has 76 valence electrons. The molecule has 1 amide bonds. The summed E-state index contributed by atoms with van der Waals surface area (Å²) in [5.41, 5.74) is -0.147. The van der Waals surface area contributed by atoms with Crippen molar-refractivity contribution in [2.45, 2.75) is 53.5 Å². The van der Waals surface area contributed by atoms with Gasteiger partial charge in [-0.2, -0.15) is 0 Å². The molecule has 1 rings (SSSR count). The third kappa shape index (κ3) is 1.59. The minimum absolute atomic E-state index is 0.0619. The van der Waals surface area contributed by atoms with Crippen LogP contribution in [0.1, 0.15) is 48.0 Å². The summed E-state index contributed by atoms with van der Waals surface area (Å²) in [6.07, 6.45) is 0.919. The highest BCUT2D eigenvalue weighted by molar-refractivity contribution is 5.85. The Hall–Kier alpha value is -0.530. The zero-order chi connectivity index (χ0) is 10.5. The highest BCUT2D eigenvalue weighted by atomic mass is 16.2. The Morgan fingerprint density at radius 2 is 1.69 bits per heavy atom. The van der Waals surface area contributed by atoms with Gasteiger partial charge in [-0.25, -0.2) is 0 Å². The summed E-state index contributed by atoms with van der Waals surface area (Å²) in [5, 5.41) is 3.12. The van der Waals surface area contributed by atoms with Gasteiger partial charge in [0.2, 0.25) is 5.91 Å². The fourth-order valence-electron chi connectivity index (χ4n) is 1.88. The lowest BCUT2D eigenvalue weighted by Gasteiger charge is -2.39. The average Bonchev–Trinajstić information content (AvgIpc) is 2.01. The van der Waals surface area contributed by atoms with Crippen LogP contribution >= 0.6 is 0 Å². The van der Waals surface area contributed by atoms with Crippen LogP contribution in [0.25, 0.3) is 0 Å². The maximum atomic E-state index is 11.6. The minimum Gasteiger partial charge on any atom is -0.350 e. The number of carbonyl (C=O) groups excluding carboxylic acids is 1. The van der Waals surface area contributed by atoms with Crippen molar-refractivity contribution in [3.63, 3.8) is 0 Å². The Kier molecular flexibility index (Phi) is 2.02. The summed E-state index contributed by atoms with van der Waals surface area (Å²) < 4.78 is 0. The topological polar surface area (TPSA) is 29.1 Å². The third-order valence-corrected chi connectivity index (χ3v) is 3.45. The van der Waals surface area contributed by atoms with E-state index in [1.165, 1.54) is 0 Å². The molecular weight excluding hydrogens is 162 g/mol. The van der Waals surface area contributed by atoms with Gasteiger partial charge in [-0.15, -0.1) is 0 Å². The van der Waals surface area contributed by atoms with Gasteiger partial charge in [-0.3, -0.25) is 4.79 Å². The molecule has 0 aromatic carbocycles. The standard InChI is InChI=1S/C11H21NO/c1-9(2,3)11(6)7-10(4,5)8(13)12-11/h7H2,1-6H3,(H,12,13). The molecule has 0 aromatic rings. The van der Waals surface area contributed by atoms with Crippen LogP contribution in [0.15, 0.2) is 0 Å². The van der Waals surface area contributed by atoms with Crippen LogP contribution in [0.2, 0.25) is 0 Å². The number of rotatable bonds is 0. The molecule has 0 saturated carbocycles. The van der Waals surface area contributed by atoms with E-state index in [2.05, 4.69) is 33.0 Å². The lowest BCUT2D eigenvalue weighted by molar-refractivity contribution is -0.126. The van der Waals surface area contributed by atoms with Crippen molar-refractivity contribution >= 4 is 5.91 Å². The van der Waals surface area contributed by atoms with Crippen LogP contribution in [0.3, 0.4) is 0 Å². The van der Waals surface area contributed by atoms with E-state index >= 15 is 0 Å². The van der Waals surface area contributed by atoms with Crippen LogP contribution in [0, 0.1) is 10.8 Å². The Bertz CT molecular complexity index is 237. The molecule has 1 unspecified atom stereocenters. The Morgan fingerprint density at radius 1 is 1.23 bits per heavy atom. The number of hydrogen-bond acceptors (Lipinski definition) is 1. The molecule has 0 aromatic heterocycles. The van der Waals surface area contributed by atoms with Crippen molar-refractivity contribution in [1.29, 1.82) is 0 Å². The summed E-state index contributed by atoms with van der Waals surface area (Å²) in [6, 6.07) is 0. The normalized spacial score (nSPS) is 33.2. The fourth-order valence-corrected chi connectivity index (χ4v) is 1.88. The van der Waals surface area contributed by atoms with Crippen LogP contribution in [-0.2, 0) is 4.79 Å². The van der Waals surface area contributed by atoms with Crippen molar-refractivity contribution < 1.29 is 4.79 Å². The van der Waals surface area contributed by atoms with Crippen molar-refractivity contribution in [2.24, 2.45) is 10.8 Å². The fraction of sp³-hybridized carbons (Fsp3) is 0.909. The molecule has 1 atom stereocenters. The van der Waals surface area contributed by atoms with E-state index in [9.17, 15) is 4.79 Å². The van der Waals surface area contributed by atoms with Gasteiger partial charge in [-0.1, -0.05) is 34.6 Å². The molecule has 13 heavy (non-hydrogen) atoms. The summed E-state index contributed by atoms with van der Waals surface area (Å²) in [6.45, 7) is 12.7. The first-order valence-electron chi connectivity index (χ1n) is 4.91. The SMILES string of the molecule is CC1(C)CC(C)(C(C)(C)C)NC1=O. The first kappa shape index (κ1) is 10.6. The molecule has 2 heteroatoms. The molecule has 1 N–H and O–H groups in total. The predicted molar refractivity (Wildman–Crippen MR) is 54.4 cm³/mol. The van der Waals surface area contributed by atoms with Gasteiger partial charge in [0.05, 0.1) is 0 Å². The van der Waals surface area contributed by atoms with Crippen molar-refractivity contribution in [3.8, 4) is 0 Å². The molecule has 2 nitrogen and oxygen atoms in total. The number of nitrogens with one attached hydrogen (secondary N) is 1. The van der Waals surface area contributed by atoms with E-state index in [1.54, 1.807) is 0 Å². The van der Waals surface area contributed by atoms with E-state index < -0.39 is 0 Å². The van der Waals surface area contributed by atoms with Crippen molar-refractivity contribution in [3.05, 3.63) is 0 Å². The Balaban J connectivity index is 2.96. The molecule has 1 heterocycles. The zero-order valence-corrected chi connectivity index (χ0v) is 9.62. The first-order valence-corrected chi connectivity index (χ1v) is 4.91. The van der Waals surface area contributed by atoms with E-state index in [4.69, 9.17) is 0 Å². The molecule has 1 fully saturated rings. The van der Waals surface area contributed by atoms with Gasteiger partial charge in [0, 0.05) is 11.0 Å². The Labute approximate surface area is 81.1 Å². The van der Waals surface area contributed by atoms with E-state index in [0.717, 1.165) is 6.42 Å².